The van der Waals surface area contributed by atoms with E-state index in [9.17, 15) is 0 Å². The summed E-state index contributed by atoms with van der Waals surface area (Å²) in [7, 11) is 0. The fourth-order valence-electron chi connectivity index (χ4n) is 0.844. The number of nitrogens with zero attached hydrogens (tertiary/aromatic N) is 2. The van der Waals surface area contributed by atoms with Gasteiger partial charge in [0.25, 0.3) is 0 Å². The van der Waals surface area contributed by atoms with Gasteiger partial charge in [-0.2, -0.15) is 0 Å². The molecule has 0 spiro atoms. The maximum Gasteiger partial charge on any atom is 0.144 e. The Bertz CT molecular complexity index is 277. The molecule has 72 valence electrons. The number of hydrogen-bond acceptors (Lipinski definition) is 4. The van der Waals surface area contributed by atoms with Crippen LogP contribution in [0.5, 0.6) is 0 Å². The summed E-state index contributed by atoms with van der Waals surface area (Å²) in [6, 6.07) is 1.68. The van der Waals surface area contributed by atoms with Crippen LogP contribution in [0.3, 0.4) is 0 Å². The highest BCUT2D eigenvalue weighted by Crippen LogP contribution is 2.01. The van der Waals surface area contributed by atoms with Gasteiger partial charge in [0, 0.05) is 11.7 Å². The van der Waals surface area contributed by atoms with E-state index in [0.29, 0.717) is 12.4 Å². The predicted molar refractivity (Wildman–Crippen MR) is 53.0 cm³/mol. The largest absolute Gasteiger partial charge is 0.384 e. The highest BCUT2D eigenvalue weighted by molar-refractivity contribution is 5.24. The first kappa shape index (κ1) is 9.92. The van der Waals surface area contributed by atoms with E-state index in [1.165, 1.54) is 0 Å². The average molecular weight is 180 g/mol. The first-order valence-electron chi connectivity index (χ1n) is 4.30. The van der Waals surface area contributed by atoms with Crippen LogP contribution in [0.25, 0.3) is 0 Å². The molecule has 0 aromatic carbocycles. The molecule has 1 heterocycles. The summed E-state index contributed by atoms with van der Waals surface area (Å²) < 4.78 is 0. The van der Waals surface area contributed by atoms with Gasteiger partial charge in [-0.1, -0.05) is 0 Å². The van der Waals surface area contributed by atoms with Crippen molar-refractivity contribution in [3.63, 3.8) is 0 Å². The molecule has 1 rings (SSSR count). The molecular weight excluding hydrogens is 164 g/mol. The van der Waals surface area contributed by atoms with Gasteiger partial charge in [0.05, 0.1) is 6.54 Å². The lowest BCUT2D eigenvalue weighted by Gasteiger charge is -2.19. The van der Waals surface area contributed by atoms with Crippen molar-refractivity contribution in [3.05, 3.63) is 18.1 Å². The molecule has 0 atom stereocenters. The minimum absolute atomic E-state index is 0.0773. The second-order valence-corrected chi connectivity index (χ2v) is 4.00. The van der Waals surface area contributed by atoms with Gasteiger partial charge in [0.1, 0.15) is 11.6 Å². The van der Waals surface area contributed by atoms with E-state index in [1.54, 1.807) is 12.3 Å². The van der Waals surface area contributed by atoms with Gasteiger partial charge in [-0.3, -0.25) is 0 Å². The Morgan fingerprint density at radius 3 is 2.69 bits per heavy atom. The van der Waals surface area contributed by atoms with Crippen LogP contribution in [0.15, 0.2) is 12.3 Å². The maximum atomic E-state index is 5.52. The Labute approximate surface area is 78.6 Å². The Morgan fingerprint density at radius 2 is 2.15 bits per heavy atom. The van der Waals surface area contributed by atoms with Gasteiger partial charge in [-0.25, -0.2) is 9.97 Å². The summed E-state index contributed by atoms with van der Waals surface area (Å²) in [5.74, 6) is 1.25. The lowest BCUT2D eigenvalue weighted by atomic mass is 10.1. The molecule has 1 aromatic rings. The molecule has 0 aliphatic carbocycles. The zero-order valence-corrected chi connectivity index (χ0v) is 8.33. The molecule has 0 aliphatic rings. The van der Waals surface area contributed by atoms with Crippen LogP contribution in [0, 0.1) is 0 Å². The van der Waals surface area contributed by atoms with Crippen LogP contribution in [-0.2, 0) is 6.54 Å². The standard InChI is InChI=1S/C9H16N4/c1-9(2,3)12-6-8-11-5-4-7(10)13-8/h4-5,12H,6H2,1-3H3,(H2,10,11,13). The molecular formula is C9H16N4. The number of nitrogen functional groups attached to an aromatic ring is 1. The highest BCUT2D eigenvalue weighted by atomic mass is 15.0. The summed E-state index contributed by atoms with van der Waals surface area (Å²) in [6.45, 7) is 6.94. The van der Waals surface area contributed by atoms with Gasteiger partial charge in [0.15, 0.2) is 0 Å². The Kier molecular flexibility index (Phi) is 2.83. The minimum atomic E-state index is 0.0773. The van der Waals surface area contributed by atoms with Crippen molar-refractivity contribution < 1.29 is 0 Å². The first-order valence-corrected chi connectivity index (χ1v) is 4.30. The zero-order chi connectivity index (χ0) is 9.90. The Morgan fingerprint density at radius 1 is 1.46 bits per heavy atom. The van der Waals surface area contributed by atoms with Crippen molar-refractivity contribution in [2.45, 2.75) is 32.9 Å². The Balaban J connectivity index is 2.55. The maximum absolute atomic E-state index is 5.52. The van der Waals surface area contributed by atoms with Gasteiger partial charge in [-0.05, 0) is 26.8 Å². The second kappa shape index (κ2) is 3.70. The molecule has 3 N–H and O–H groups in total. The van der Waals surface area contributed by atoms with E-state index in [2.05, 4.69) is 36.1 Å². The predicted octanol–water partition coefficient (Wildman–Crippen LogP) is 0.947. The molecule has 0 saturated heterocycles. The number of nitrogens with two attached hydrogens (primary N) is 1. The van der Waals surface area contributed by atoms with Crippen LogP contribution in [-0.4, -0.2) is 15.5 Å². The summed E-state index contributed by atoms with van der Waals surface area (Å²) in [5, 5.41) is 3.28. The van der Waals surface area contributed by atoms with Gasteiger partial charge >= 0.3 is 0 Å². The first-order chi connectivity index (χ1) is 5.97. The number of hydrogen-bond donors (Lipinski definition) is 2. The molecule has 0 fully saturated rings. The van der Waals surface area contributed by atoms with Gasteiger partial charge in [0.2, 0.25) is 0 Å². The molecule has 1 aromatic heterocycles. The third kappa shape index (κ3) is 3.85. The fraction of sp³-hybridized carbons (Fsp3) is 0.556. The molecule has 0 aliphatic heterocycles. The summed E-state index contributed by atoms with van der Waals surface area (Å²) in [5.41, 5.74) is 5.60. The van der Waals surface area contributed by atoms with Crippen LogP contribution in [0.4, 0.5) is 5.82 Å². The number of aromatic nitrogens is 2. The smallest absolute Gasteiger partial charge is 0.144 e. The quantitative estimate of drug-likeness (QED) is 0.711. The molecule has 4 heteroatoms. The van der Waals surface area contributed by atoms with E-state index >= 15 is 0 Å². The number of anilines is 1. The van der Waals surface area contributed by atoms with Crippen molar-refractivity contribution in [1.82, 2.24) is 15.3 Å². The average Bonchev–Trinajstić information content (AvgIpc) is 2.00. The molecule has 13 heavy (non-hydrogen) atoms. The summed E-state index contributed by atoms with van der Waals surface area (Å²) in [4.78, 5) is 8.17. The third-order valence-corrected chi connectivity index (χ3v) is 1.50. The van der Waals surface area contributed by atoms with Gasteiger partial charge in [-0.15, -0.1) is 0 Å². The van der Waals surface area contributed by atoms with Crippen molar-refractivity contribution in [3.8, 4) is 0 Å². The molecule has 0 amide bonds. The highest BCUT2D eigenvalue weighted by Gasteiger charge is 2.09. The topological polar surface area (TPSA) is 63.8 Å². The van der Waals surface area contributed by atoms with Crippen molar-refractivity contribution in [2.24, 2.45) is 0 Å². The Hall–Kier alpha value is -1.16. The summed E-state index contributed by atoms with van der Waals surface area (Å²) in [6.07, 6.45) is 1.67. The van der Waals surface area contributed by atoms with E-state index in [0.717, 1.165) is 5.82 Å². The normalized spacial score (nSPS) is 11.6. The minimum Gasteiger partial charge on any atom is -0.384 e. The van der Waals surface area contributed by atoms with E-state index in [4.69, 9.17) is 5.73 Å². The zero-order valence-electron chi connectivity index (χ0n) is 8.33. The monoisotopic (exact) mass is 180 g/mol. The fourth-order valence-corrected chi connectivity index (χ4v) is 0.844. The van der Waals surface area contributed by atoms with Crippen LogP contribution >= 0.6 is 0 Å². The van der Waals surface area contributed by atoms with Crippen molar-refractivity contribution >= 4 is 5.82 Å². The third-order valence-electron chi connectivity index (χ3n) is 1.50. The molecule has 4 nitrogen and oxygen atoms in total. The second-order valence-electron chi connectivity index (χ2n) is 4.00. The van der Waals surface area contributed by atoms with Crippen LogP contribution in [0.1, 0.15) is 26.6 Å². The lowest BCUT2D eigenvalue weighted by molar-refractivity contribution is 0.418. The van der Waals surface area contributed by atoms with Crippen LogP contribution < -0.4 is 11.1 Å². The molecule has 0 radical (unpaired) electrons. The molecule has 0 unspecified atom stereocenters. The molecule has 0 bridgehead atoms. The van der Waals surface area contributed by atoms with E-state index < -0.39 is 0 Å². The summed E-state index contributed by atoms with van der Waals surface area (Å²) >= 11 is 0. The SMILES string of the molecule is CC(C)(C)NCc1nccc(N)n1. The van der Waals surface area contributed by atoms with Crippen molar-refractivity contribution in [2.75, 3.05) is 5.73 Å². The number of nitrogens with one attached hydrogen (secondary N) is 1. The van der Waals surface area contributed by atoms with Gasteiger partial charge < -0.3 is 11.1 Å². The van der Waals surface area contributed by atoms with E-state index in [1.807, 2.05) is 0 Å². The van der Waals surface area contributed by atoms with E-state index in [-0.39, 0.29) is 5.54 Å². The lowest BCUT2D eigenvalue weighted by Crippen LogP contribution is -2.35. The van der Waals surface area contributed by atoms with Crippen LogP contribution in [0.2, 0.25) is 0 Å². The number of rotatable bonds is 2. The molecule has 0 saturated carbocycles. The van der Waals surface area contributed by atoms with Crippen molar-refractivity contribution in [1.29, 1.82) is 0 Å².